The standard InChI is InChI=1S/C26H32O8/c1-5-7-9-11-15-13-18(31-3)23(32-4)24-20(15)26(30)33-19-14-17(27)21(25(28)29)16(22(19)34-24)12-10-8-6-2/h13-14,27H,5-12H2,1-4H3,(H,28,29). The summed E-state index contributed by atoms with van der Waals surface area (Å²) in [6.45, 7) is 4.13. The number of ether oxygens (including phenoxy) is 4. The van der Waals surface area contributed by atoms with Crippen LogP contribution in [0.5, 0.6) is 34.5 Å². The van der Waals surface area contributed by atoms with Gasteiger partial charge in [0.15, 0.2) is 23.0 Å². The molecule has 0 aliphatic carbocycles. The lowest BCUT2D eigenvalue weighted by molar-refractivity contribution is 0.0691. The molecule has 2 aromatic carbocycles. The number of rotatable bonds is 11. The molecule has 0 bridgehead atoms. The van der Waals surface area contributed by atoms with Crippen LogP contribution in [0.3, 0.4) is 0 Å². The van der Waals surface area contributed by atoms with Crippen molar-refractivity contribution in [2.24, 2.45) is 0 Å². The highest BCUT2D eigenvalue weighted by atomic mass is 16.6. The number of aromatic hydroxyl groups is 1. The summed E-state index contributed by atoms with van der Waals surface area (Å²) in [7, 11) is 2.94. The lowest BCUT2D eigenvalue weighted by atomic mass is 9.98. The van der Waals surface area contributed by atoms with Crippen LogP contribution in [0.2, 0.25) is 0 Å². The summed E-state index contributed by atoms with van der Waals surface area (Å²) in [4.78, 5) is 25.3. The second-order valence-corrected chi connectivity index (χ2v) is 8.26. The molecule has 0 unspecified atom stereocenters. The molecule has 0 aromatic heterocycles. The van der Waals surface area contributed by atoms with Gasteiger partial charge in [0.25, 0.3) is 0 Å². The first-order chi connectivity index (χ1) is 16.4. The van der Waals surface area contributed by atoms with Gasteiger partial charge in [0.05, 0.1) is 14.2 Å². The van der Waals surface area contributed by atoms with Crippen LogP contribution in [0.15, 0.2) is 12.1 Å². The summed E-state index contributed by atoms with van der Waals surface area (Å²) in [6.07, 6.45) is 6.23. The summed E-state index contributed by atoms with van der Waals surface area (Å²) >= 11 is 0. The van der Waals surface area contributed by atoms with Gasteiger partial charge in [-0.05, 0) is 37.3 Å². The van der Waals surface area contributed by atoms with Gasteiger partial charge in [-0.25, -0.2) is 9.59 Å². The van der Waals surface area contributed by atoms with E-state index in [0.717, 1.165) is 38.2 Å². The molecule has 2 N–H and O–H groups in total. The molecule has 1 heterocycles. The zero-order valence-corrected chi connectivity index (χ0v) is 20.2. The van der Waals surface area contributed by atoms with E-state index < -0.39 is 17.7 Å². The number of hydrogen-bond acceptors (Lipinski definition) is 7. The smallest absolute Gasteiger partial charge is 0.347 e. The second-order valence-electron chi connectivity index (χ2n) is 8.26. The maximum Gasteiger partial charge on any atom is 0.347 e. The molecule has 184 valence electrons. The van der Waals surface area contributed by atoms with Gasteiger partial charge in [0.2, 0.25) is 5.75 Å². The Hall–Kier alpha value is -3.42. The van der Waals surface area contributed by atoms with E-state index in [1.54, 1.807) is 6.07 Å². The number of methoxy groups -OCH3 is 2. The zero-order valence-electron chi connectivity index (χ0n) is 20.2. The topological polar surface area (TPSA) is 112 Å². The monoisotopic (exact) mass is 472 g/mol. The number of carbonyl (C=O) groups is 2. The molecule has 8 nitrogen and oxygen atoms in total. The first-order valence-electron chi connectivity index (χ1n) is 11.7. The van der Waals surface area contributed by atoms with Crippen molar-refractivity contribution in [2.75, 3.05) is 14.2 Å². The number of carboxylic acids is 1. The Morgan fingerprint density at radius 2 is 1.62 bits per heavy atom. The molecule has 1 aliphatic rings. The number of hydrogen-bond donors (Lipinski definition) is 2. The molecule has 0 radical (unpaired) electrons. The van der Waals surface area contributed by atoms with Crippen LogP contribution in [-0.2, 0) is 12.8 Å². The van der Waals surface area contributed by atoms with E-state index in [0.29, 0.717) is 30.6 Å². The molecule has 34 heavy (non-hydrogen) atoms. The second kappa shape index (κ2) is 11.1. The van der Waals surface area contributed by atoms with E-state index in [2.05, 4.69) is 6.92 Å². The van der Waals surface area contributed by atoms with E-state index in [-0.39, 0.29) is 39.7 Å². The Balaban J connectivity index is 2.26. The van der Waals surface area contributed by atoms with Gasteiger partial charge in [0.1, 0.15) is 16.9 Å². The van der Waals surface area contributed by atoms with Crippen LogP contribution >= 0.6 is 0 Å². The maximum absolute atomic E-state index is 13.3. The fourth-order valence-corrected chi connectivity index (χ4v) is 4.24. The highest BCUT2D eigenvalue weighted by molar-refractivity contribution is 6.00. The third kappa shape index (κ3) is 4.90. The molecule has 0 fully saturated rings. The van der Waals surface area contributed by atoms with E-state index in [1.807, 2.05) is 6.92 Å². The summed E-state index contributed by atoms with van der Waals surface area (Å²) in [5.41, 5.74) is 0.906. The third-order valence-corrected chi connectivity index (χ3v) is 5.94. The number of fused-ring (bicyclic) bond motifs is 2. The minimum atomic E-state index is -1.29. The Bertz CT molecular complexity index is 1070. The normalized spacial score (nSPS) is 12.2. The summed E-state index contributed by atoms with van der Waals surface area (Å²) < 4.78 is 23.0. The molecular formula is C26H32O8. The van der Waals surface area contributed by atoms with Crippen molar-refractivity contribution < 1.29 is 38.7 Å². The highest BCUT2D eigenvalue weighted by Crippen LogP contribution is 2.51. The zero-order chi connectivity index (χ0) is 24.8. The minimum absolute atomic E-state index is 0.0317. The van der Waals surface area contributed by atoms with Crippen LogP contribution in [0.1, 0.15) is 84.2 Å². The van der Waals surface area contributed by atoms with Crippen LogP contribution in [0.25, 0.3) is 0 Å². The quantitative estimate of drug-likeness (QED) is 0.236. The predicted octanol–water partition coefficient (Wildman–Crippen LogP) is 5.90. The molecule has 3 rings (SSSR count). The van der Waals surface area contributed by atoms with Crippen molar-refractivity contribution in [1.82, 2.24) is 0 Å². The Kier molecular flexibility index (Phi) is 8.26. The maximum atomic E-state index is 13.3. The summed E-state index contributed by atoms with van der Waals surface area (Å²) in [5.74, 6) is -1.64. The fourth-order valence-electron chi connectivity index (χ4n) is 4.24. The molecule has 8 heteroatoms. The van der Waals surface area contributed by atoms with E-state index >= 15 is 0 Å². The number of benzene rings is 2. The van der Waals surface area contributed by atoms with Crippen molar-refractivity contribution in [3.8, 4) is 34.5 Å². The Morgan fingerprint density at radius 3 is 2.21 bits per heavy atom. The van der Waals surface area contributed by atoms with Crippen molar-refractivity contribution in [2.45, 2.75) is 65.2 Å². The molecule has 0 amide bonds. The number of esters is 1. The van der Waals surface area contributed by atoms with Crippen molar-refractivity contribution in [1.29, 1.82) is 0 Å². The average molecular weight is 473 g/mol. The van der Waals surface area contributed by atoms with Crippen LogP contribution in [-0.4, -0.2) is 36.4 Å². The average Bonchev–Trinajstić information content (AvgIpc) is 2.94. The SMILES string of the molecule is CCCCCc1cc(OC)c(OC)c2c1C(=O)Oc1cc(O)c(C(=O)O)c(CCCCC)c1O2. The van der Waals surface area contributed by atoms with Crippen molar-refractivity contribution >= 4 is 11.9 Å². The predicted molar refractivity (Wildman–Crippen MR) is 126 cm³/mol. The molecular weight excluding hydrogens is 440 g/mol. The van der Waals surface area contributed by atoms with Crippen LogP contribution in [0.4, 0.5) is 0 Å². The van der Waals surface area contributed by atoms with Gasteiger partial charge in [-0.15, -0.1) is 0 Å². The van der Waals surface area contributed by atoms with Crippen molar-refractivity contribution in [3.63, 3.8) is 0 Å². The highest BCUT2D eigenvalue weighted by Gasteiger charge is 2.35. The van der Waals surface area contributed by atoms with Gasteiger partial charge in [-0.1, -0.05) is 39.5 Å². The minimum Gasteiger partial charge on any atom is -0.507 e. The molecule has 1 aliphatic heterocycles. The molecule has 0 saturated carbocycles. The molecule has 0 saturated heterocycles. The molecule has 0 atom stereocenters. The molecule has 2 aromatic rings. The van der Waals surface area contributed by atoms with E-state index in [1.165, 1.54) is 14.2 Å². The van der Waals surface area contributed by atoms with E-state index in [9.17, 15) is 19.8 Å². The number of aryl methyl sites for hydroxylation is 1. The third-order valence-electron chi connectivity index (χ3n) is 5.94. The van der Waals surface area contributed by atoms with E-state index in [4.69, 9.17) is 18.9 Å². The number of carbonyl (C=O) groups excluding carboxylic acids is 1. The molecule has 0 spiro atoms. The van der Waals surface area contributed by atoms with Crippen LogP contribution in [0, 0.1) is 0 Å². The number of phenols is 1. The number of unbranched alkanes of at least 4 members (excludes halogenated alkanes) is 4. The van der Waals surface area contributed by atoms with Gasteiger partial charge in [-0.2, -0.15) is 0 Å². The van der Waals surface area contributed by atoms with Gasteiger partial charge in [-0.3, -0.25) is 0 Å². The largest absolute Gasteiger partial charge is 0.507 e. The Labute approximate surface area is 199 Å². The van der Waals surface area contributed by atoms with Gasteiger partial charge >= 0.3 is 11.9 Å². The summed E-state index contributed by atoms with van der Waals surface area (Å²) in [5, 5.41) is 20.3. The van der Waals surface area contributed by atoms with Gasteiger partial charge in [0, 0.05) is 11.6 Å². The van der Waals surface area contributed by atoms with Crippen LogP contribution < -0.4 is 18.9 Å². The lowest BCUT2D eigenvalue weighted by Crippen LogP contribution is -2.12. The lowest BCUT2D eigenvalue weighted by Gasteiger charge is -2.19. The first-order valence-corrected chi connectivity index (χ1v) is 11.7. The summed E-state index contributed by atoms with van der Waals surface area (Å²) in [6, 6.07) is 2.86. The first kappa shape index (κ1) is 25.2. The fraction of sp³-hybridized carbons (Fsp3) is 0.462. The number of carboxylic acid groups (broad SMARTS) is 1. The Morgan fingerprint density at radius 1 is 0.941 bits per heavy atom. The number of aromatic carboxylic acids is 1. The van der Waals surface area contributed by atoms with Crippen molar-refractivity contribution in [3.05, 3.63) is 34.4 Å². The van der Waals surface area contributed by atoms with Gasteiger partial charge < -0.3 is 29.2 Å².